The molecule has 0 amide bonds. The van der Waals surface area contributed by atoms with E-state index < -0.39 is 26.9 Å². The van der Waals surface area contributed by atoms with Crippen molar-refractivity contribution in [3.05, 3.63) is 24.1 Å². The SMILES string of the molecule is COCC(CBr)NS(=O)(=O)c1ncccc1F. The average Bonchev–Trinajstić information content (AvgIpc) is 2.28. The minimum absolute atomic E-state index is 0.179. The maximum absolute atomic E-state index is 13.3. The molecule has 96 valence electrons. The van der Waals surface area contributed by atoms with E-state index in [9.17, 15) is 12.8 Å². The molecule has 1 atom stereocenters. The first-order valence-electron chi connectivity index (χ1n) is 4.69. The molecule has 1 rings (SSSR count). The van der Waals surface area contributed by atoms with E-state index in [1.54, 1.807) is 0 Å². The number of rotatable bonds is 6. The molecular weight excluding hydrogens is 315 g/mol. The van der Waals surface area contributed by atoms with Crippen molar-refractivity contribution in [1.82, 2.24) is 9.71 Å². The third-order valence-electron chi connectivity index (χ3n) is 1.86. The van der Waals surface area contributed by atoms with Gasteiger partial charge in [-0.05, 0) is 12.1 Å². The monoisotopic (exact) mass is 326 g/mol. The van der Waals surface area contributed by atoms with Crippen molar-refractivity contribution in [3.8, 4) is 0 Å². The Balaban J connectivity index is 2.92. The highest BCUT2D eigenvalue weighted by Crippen LogP contribution is 2.10. The highest BCUT2D eigenvalue weighted by molar-refractivity contribution is 9.09. The topological polar surface area (TPSA) is 68.3 Å². The van der Waals surface area contributed by atoms with Crippen LogP contribution < -0.4 is 4.72 Å². The van der Waals surface area contributed by atoms with Crippen LogP contribution in [0, 0.1) is 5.82 Å². The number of aromatic nitrogens is 1. The average molecular weight is 327 g/mol. The van der Waals surface area contributed by atoms with Crippen molar-refractivity contribution in [2.24, 2.45) is 0 Å². The van der Waals surface area contributed by atoms with Gasteiger partial charge in [-0.15, -0.1) is 0 Å². The zero-order chi connectivity index (χ0) is 12.9. The number of pyridine rings is 1. The number of halogens is 2. The Morgan fingerprint density at radius 2 is 2.35 bits per heavy atom. The Morgan fingerprint density at radius 1 is 1.65 bits per heavy atom. The summed E-state index contributed by atoms with van der Waals surface area (Å²) in [5, 5.41) is -0.254. The molecule has 8 heteroatoms. The second kappa shape index (κ2) is 6.39. The first-order valence-corrected chi connectivity index (χ1v) is 7.29. The molecule has 1 aromatic heterocycles. The first kappa shape index (κ1) is 14.5. The van der Waals surface area contributed by atoms with Gasteiger partial charge in [-0.2, -0.15) is 0 Å². The van der Waals surface area contributed by atoms with Crippen molar-refractivity contribution in [1.29, 1.82) is 0 Å². The van der Waals surface area contributed by atoms with E-state index in [0.29, 0.717) is 5.33 Å². The van der Waals surface area contributed by atoms with Crippen LogP contribution in [-0.4, -0.2) is 38.5 Å². The lowest BCUT2D eigenvalue weighted by Crippen LogP contribution is -2.39. The van der Waals surface area contributed by atoms with Gasteiger partial charge in [0.05, 0.1) is 12.6 Å². The second-order valence-electron chi connectivity index (χ2n) is 3.22. The van der Waals surface area contributed by atoms with E-state index in [1.165, 1.54) is 19.4 Å². The number of alkyl halides is 1. The molecule has 0 aliphatic rings. The summed E-state index contributed by atoms with van der Waals surface area (Å²) in [5.41, 5.74) is 0. The van der Waals surface area contributed by atoms with Gasteiger partial charge in [0, 0.05) is 18.6 Å². The number of hydrogen-bond acceptors (Lipinski definition) is 4. The summed E-state index contributed by atoms with van der Waals surface area (Å²) < 4.78 is 44.0. The zero-order valence-corrected chi connectivity index (χ0v) is 11.5. The maximum atomic E-state index is 13.3. The highest BCUT2D eigenvalue weighted by atomic mass is 79.9. The summed E-state index contributed by atoms with van der Waals surface area (Å²) in [6.45, 7) is 0.179. The normalized spacial score (nSPS) is 13.6. The Kier molecular flexibility index (Phi) is 5.44. The van der Waals surface area contributed by atoms with Gasteiger partial charge >= 0.3 is 0 Å². The van der Waals surface area contributed by atoms with Crippen LogP contribution in [0.25, 0.3) is 0 Å². The van der Waals surface area contributed by atoms with E-state index in [-0.39, 0.29) is 6.61 Å². The second-order valence-corrected chi connectivity index (χ2v) is 5.49. The predicted octanol–water partition coefficient (Wildman–Crippen LogP) is 0.909. The molecule has 1 unspecified atom stereocenters. The first-order chi connectivity index (χ1) is 8.01. The molecule has 0 aromatic carbocycles. The van der Waals surface area contributed by atoms with Crippen LogP contribution >= 0.6 is 15.9 Å². The number of nitrogens with one attached hydrogen (secondary N) is 1. The summed E-state index contributed by atoms with van der Waals surface area (Å²) in [6.07, 6.45) is 1.22. The Morgan fingerprint density at radius 3 is 2.88 bits per heavy atom. The molecule has 0 radical (unpaired) electrons. The van der Waals surface area contributed by atoms with E-state index in [0.717, 1.165) is 6.07 Å². The van der Waals surface area contributed by atoms with Gasteiger partial charge in [0.2, 0.25) is 5.03 Å². The Bertz CT molecular complexity index is 469. The number of sulfonamides is 1. The zero-order valence-electron chi connectivity index (χ0n) is 9.06. The largest absolute Gasteiger partial charge is 0.383 e. The summed E-state index contributed by atoms with van der Waals surface area (Å²) in [6, 6.07) is 1.89. The molecule has 17 heavy (non-hydrogen) atoms. The maximum Gasteiger partial charge on any atom is 0.261 e. The number of methoxy groups -OCH3 is 1. The highest BCUT2D eigenvalue weighted by Gasteiger charge is 2.23. The van der Waals surface area contributed by atoms with E-state index in [2.05, 4.69) is 25.6 Å². The quantitative estimate of drug-likeness (QED) is 0.789. The van der Waals surface area contributed by atoms with E-state index in [1.807, 2.05) is 0 Å². The lowest BCUT2D eigenvalue weighted by molar-refractivity contribution is 0.181. The van der Waals surface area contributed by atoms with Gasteiger partial charge in [-0.1, -0.05) is 15.9 Å². The van der Waals surface area contributed by atoms with Crippen LogP contribution in [-0.2, 0) is 14.8 Å². The van der Waals surface area contributed by atoms with Crippen LogP contribution in [0.1, 0.15) is 0 Å². The lowest BCUT2D eigenvalue weighted by Gasteiger charge is -2.14. The summed E-state index contributed by atoms with van der Waals surface area (Å²) in [4.78, 5) is 3.52. The fourth-order valence-corrected chi connectivity index (χ4v) is 2.94. The number of ether oxygens (including phenoxy) is 1. The van der Waals surface area contributed by atoms with Gasteiger partial charge in [0.1, 0.15) is 0 Å². The minimum atomic E-state index is -3.97. The molecule has 1 N–H and O–H groups in total. The fraction of sp³-hybridized carbons (Fsp3) is 0.444. The van der Waals surface area contributed by atoms with Crippen molar-refractivity contribution in [3.63, 3.8) is 0 Å². The van der Waals surface area contributed by atoms with Crippen molar-refractivity contribution in [2.75, 3.05) is 19.0 Å². The van der Waals surface area contributed by atoms with Gasteiger partial charge in [-0.3, -0.25) is 0 Å². The fourth-order valence-electron chi connectivity index (χ4n) is 1.16. The Hall–Kier alpha value is -0.570. The van der Waals surface area contributed by atoms with Gasteiger partial charge in [-0.25, -0.2) is 22.5 Å². The predicted molar refractivity (Wildman–Crippen MR) is 64.0 cm³/mol. The van der Waals surface area contributed by atoms with Crippen molar-refractivity contribution < 1.29 is 17.5 Å². The van der Waals surface area contributed by atoms with E-state index >= 15 is 0 Å². The van der Waals surface area contributed by atoms with Crippen LogP contribution in [0.2, 0.25) is 0 Å². The van der Waals surface area contributed by atoms with E-state index in [4.69, 9.17) is 4.74 Å². The van der Waals surface area contributed by atoms with Gasteiger partial charge in [0.15, 0.2) is 5.82 Å². The van der Waals surface area contributed by atoms with Gasteiger partial charge in [0.25, 0.3) is 10.0 Å². The Labute approximate surface area is 108 Å². The lowest BCUT2D eigenvalue weighted by atomic mass is 10.4. The van der Waals surface area contributed by atoms with Crippen molar-refractivity contribution >= 4 is 26.0 Å². The standard InChI is InChI=1S/C9H12BrFN2O3S/c1-16-6-7(5-10)13-17(14,15)9-8(11)3-2-4-12-9/h2-4,7,13H,5-6H2,1H3. The van der Waals surface area contributed by atoms with Crippen LogP contribution in [0.5, 0.6) is 0 Å². The summed E-state index contributed by atoms with van der Waals surface area (Å²) >= 11 is 3.14. The molecule has 1 aromatic rings. The molecule has 0 saturated carbocycles. The smallest absolute Gasteiger partial charge is 0.261 e. The molecule has 0 fully saturated rings. The molecule has 5 nitrogen and oxygen atoms in total. The summed E-state index contributed by atoms with van der Waals surface area (Å²) in [5.74, 6) is -0.884. The van der Waals surface area contributed by atoms with Crippen LogP contribution in [0.15, 0.2) is 23.4 Å². The molecule has 0 spiro atoms. The third kappa shape index (κ3) is 3.98. The third-order valence-corrected chi connectivity index (χ3v) is 4.09. The molecule has 0 saturated heterocycles. The molecule has 0 aliphatic carbocycles. The van der Waals surface area contributed by atoms with Crippen molar-refractivity contribution in [2.45, 2.75) is 11.1 Å². The number of nitrogens with zero attached hydrogens (tertiary/aromatic N) is 1. The molecule has 0 aliphatic heterocycles. The minimum Gasteiger partial charge on any atom is -0.383 e. The molecular formula is C9H12BrFN2O3S. The molecule has 0 bridgehead atoms. The van der Waals surface area contributed by atoms with Crippen LogP contribution in [0.4, 0.5) is 4.39 Å². The van der Waals surface area contributed by atoms with Gasteiger partial charge < -0.3 is 4.74 Å². The van der Waals surface area contributed by atoms with Crippen LogP contribution in [0.3, 0.4) is 0 Å². The number of hydrogen-bond donors (Lipinski definition) is 1. The summed E-state index contributed by atoms with van der Waals surface area (Å²) in [7, 11) is -2.52. The molecule has 1 heterocycles.